The molecule has 2 unspecified atom stereocenters. The number of aromatic nitrogens is 6. The van der Waals surface area contributed by atoms with Crippen LogP contribution in [-0.2, 0) is 4.74 Å². The van der Waals surface area contributed by atoms with E-state index in [-0.39, 0.29) is 11.4 Å². The Balaban J connectivity index is 1.56. The summed E-state index contributed by atoms with van der Waals surface area (Å²) in [6.45, 7) is 2.05. The highest BCUT2D eigenvalue weighted by Gasteiger charge is 2.27. The first kappa shape index (κ1) is 22.8. The average Bonchev–Trinajstić information content (AvgIpc) is 3.49. The molecule has 1 aliphatic rings. The second kappa shape index (κ2) is 10.5. The quantitative estimate of drug-likeness (QED) is 0.439. The van der Waals surface area contributed by atoms with Crippen molar-refractivity contribution in [2.45, 2.75) is 50.0 Å². The molecule has 170 valence electrons. The van der Waals surface area contributed by atoms with Gasteiger partial charge in [-0.2, -0.15) is 0 Å². The number of halogens is 1. The number of nitrogens with zero attached hydrogens (tertiary/aromatic N) is 6. The van der Waals surface area contributed by atoms with E-state index < -0.39 is 0 Å². The number of rotatable bonds is 9. The maximum atomic E-state index is 5.92. The SMILES string of the molecule is COc1cccc(-c2nnc(NSC(C)C(OC)c3ncc(Cl)cn3)n2C2CCCC2)n1. The van der Waals surface area contributed by atoms with E-state index in [1.165, 1.54) is 24.8 Å². The first-order valence-electron chi connectivity index (χ1n) is 10.5. The lowest BCUT2D eigenvalue weighted by Crippen LogP contribution is -2.19. The van der Waals surface area contributed by atoms with Crippen LogP contribution in [0.15, 0.2) is 30.6 Å². The fraction of sp³-hybridized carbons (Fsp3) is 0.476. The third-order valence-corrected chi connectivity index (χ3v) is 6.57. The van der Waals surface area contributed by atoms with Gasteiger partial charge >= 0.3 is 0 Å². The number of methoxy groups -OCH3 is 2. The van der Waals surface area contributed by atoms with E-state index >= 15 is 0 Å². The van der Waals surface area contributed by atoms with E-state index in [2.05, 4.69) is 34.4 Å². The van der Waals surface area contributed by atoms with Crippen LogP contribution < -0.4 is 9.46 Å². The smallest absolute Gasteiger partial charge is 0.235 e. The fourth-order valence-corrected chi connectivity index (χ4v) is 4.77. The second-order valence-electron chi connectivity index (χ2n) is 7.56. The molecule has 0 spiro atoms. The van der Waals surface area contributed by atoms with Crippen LogP contribution in [0.25, 0.3) is 11.5 Å². The molecule has 1 N–H and O–H groups in total. The molecule has 0 aromatic carbocycles. The Bertz CT molecular complexity index is 1030. The number of ether oxygens (including phenoxy) is 2. The highest BCUT2D eigenvalue weighted by Crippen LogP contribution is 2.37. The van der Waals surface area contributed by atoms with Gasteiger partial charge in [0, 0.05) is 31.6 Å². The lowest BCUT2D eigenvalue weighted by atomic mass is 10.2. The molecule has 9 nitrogen and oxygen atoms in total. The van der Waals surface area contributed by atoms with E-state index in [0.29, 0.717) is 28.7 Å². The molecule has 0 radical (unpaired) electrons. The van der Waals surface area contributed by atoms with Crippen molar-refractivity contribution in [3.8, 4) is 17.4 Å². The fourth-order valence-electron chi connectivity index (χ4n) is 3.88. The first-order chi connectivity index (χ1) is 15.6. The summed E-state index contributed by atoms with van der Waals surface area (Å²) in [7, 11) is 3.25. The van der Waals surface area contributed by atoms with Crippen LogP contribution in [0.2, 0.25) is 5.02 Å². The lowest BCUT2D eigenvalue weighted by molar-refractivity contribution is 0.0972. The van der Waals surface area contributed by atoms with Crippen molar-refractivity contribution in [2.75, 3.05) is 18.9 Å². The molecule has 4 rings (SSSR count). The zero-order valence-corrected chi connectivity index (χ0v) is 19.8. The van der Waals surface area contributed by atoms with E-state index in [9.17, 15) is 0 Å². The molecule has 1 saturated carbocycles. The molecule has 32 heavy (non-hydrogen) atoms. The minimum absolute atomic E-state index is 0.00621. The maximum Gasteiger partial charge on any atom is 0.235 e. The summed E-state index contributed by atoms with van der Waals surface area (Å²) in [4.78, 5) is 13.2. The molecule has 3 aromatic heterocycles. The van der Waals surface area contributed by atoms with Gasteiger partial charge in [0.15, 0.2) is 11.6 Å². The predicted molar refractivity (Wildman–Crippen MR) is 125 cm³/mol. The molecular weight excluding hydrogens is 450 g/mol. The third kappa shape index (κ3) is 4.97. The molecular formula is C21H26ClN7O2S. The minimum Gasteiger partial charge on any atom is -0.481 e. The van der Waals surface area contributed by atoms with Crippen molar-refractivity contribution in [1.82, 2.24) is 29.7 Å². The van der Waals surface area contributed by atoms with E-state index in [4.69, 9.17) is 21.1 Å². The van der Waals surface area contributed by atoms with Crippen molar-refractivity contribution in [3.63, 3.8) is 0 Å². The van der Waals surface area contributed by atoms with Crippen LogP contribution in [-0.4, -0.2) is 49.2 Å². The highest BCUT2D eigenvalue weighted by molar-refractivity contribution is 8.01. The van der Waals surface area contributed by atoms with Crippen molar-refractivity contribution in [1.29, 1.82) is 0 Å². The van der Waals surface area contributed by atoms with Crippen LogP contribution >= 0.6 is 23.5 Å². The Morgan fingerprint density at radius 1 is 1.16 bits per heavy atom. The van der Waals surface area contributed by atoms with Crippen LogP contribution in [0.3, 0.4) is 0 Å². The number of anilines is 1. The summed E-state index contributed by atoms with van der Waals surface area (Å²) < 4.78 is 16.5. The summed E-state index contributed by atoms with van der Waals surface area (Å²) in [6, 6.07) is 5.98. The molecule has 0 amide bonds. The molecule has 3 aromatic rings. The van der Waals surface area contributed by atoms with Gasteiger partial charge in [0.1, 0.15) is 11.8 Å². The molecule has 1 fully saturated rings. The largest absolute Gasteiger partial charge is 0.481 e. The third-order valence-electron chi connectivity index (χ3n) is 5.46. The topological polar surface area (TPSA) is 99.9 Å². The van der Waals surface area contributed by atoms with E-state index in [1.54, 1.807) is 26.6 Å². The molecule has 11 heteroatoms. The molecule has 3 heterocycles. The van der Waals surface area contributed by atoms with Crippen LogP contribution in [0.4, 0.5) is 5.95 Å². The Hall–Kier alpha value is -2.43. The molecule has 1 aliphatic carbocycles. The number of nitrogens with one attached hydrogen (secondary N) is 1. The van der Waals surface area contributed by atoms with Gasteiger partial charge in [0.2, 0.25) is 11.8 Å². The molecule has 2 atom stereocenters. The first-order valence-corrected chi connectivity index (χ1v) is 11.7. The molecule has 0 aliphatic heterocycles. The van der Waals surface area contributed by atoms with Gasteiger partial charge in [0.25, 0.3) is 0 Å². The zero-order valence-electron chi connectivity index (χ0n) is 18.2. The van der Waals surface area contributed by atoms with Crippen LogP contribution in [0.5, 0.6) is 5.88 Å². The Morgan fingerprint density at radius 2 is 1.91 bits per heavy atom. The summed E-state index contributed by atoms with van der Waals surface area (Å²) in [5.41, 5.74) is 0.735. The molecule has 0 bridgehead atoms. The zero-order chi connectivity index (χ0) is 22.5. The van der Waals surface area contributed by atoms with E-state index in [0.717, 1.165) is 24.4 Å². The monoisotopic (exact) mass is 475 g/mol. The van der Waals surface area contributed by atoms with Gasteiger partial charge in [-0.3, -0.25) is 9.29 Å². The van der Waals surface area contributed by atoms with Crippen LogP contribution in [0, 0.1) is 0 Å². The Kier molecular flexibility index (Phi) is 7.44. The van der Waals surface area contributed by atoms with Gasteiger partial charge in [-0.25, -0.2) is 15.0 Å². The summed E-state index contributed by atoms with van der Waals surface area (Å²) in [5, 5.41) is 9.40. The standard InChI is InChI=1S/C21H26ClN7O2S/c1-13(18(31-3)19-23-11-14(22)12-24-19)32-28-21-27-26-20(29(21)15-7-4-5-8-15)16-9-6-10-17(25-16)30-2/h6,9-13,15,18H,4-5,7-8H2,1-3H3,(H,27,28). The van der Waals surface area contributed by atoms with Gasteiger partial charge in [-0.05, 0) is 37.8 Å². The van der Waals surface area contributed by atoms with Gasteiger partial charge in [-0.15, -0.1) is 10.2 Å². The Labute approximate surface area is 196 Å². The van der Waals surface area contributed by atoms with Crippen LogP contribution in [0.1, 0.15) is 50.6 Å². The average molecular weight is 476 g/mol. The van der Waals surface area contributed by atoms with Crippen molar-refractivity contribution in [2.24, 2.45) is 0 Å². The van der Waals surface area contributed by atoms with Gasteiger partial charge < -0.3 is 9.47 Å². The van der Waals surface area contributed by atoms with Gasteiger partial charge in [-0.1, -0.05) is 30.5 Å². The van der Waals surface area contributed by atoms with E-state index in [1.807, 2.05) is 25.1 Å². The normalized spacial score (nSPS) is 16.1. The predicted octanol–water partition coefficient (Wildman–Crippen LogP) is 4.74. The number of hydrogen-bond acceptors (Lipinski definition) is 9. The summed E-state index contributed by atoms with van der Waals surface area (Å²) >= 11 is 7.41. The van der Waals surface area contributed by atoms with Crippen molar-refractivity contribution < 1.29 is 9.47 Å². The number of pyridine rings is 1. The maximum absolute atomic E-state index is 5.92. The Morgan fingerprint density at radius 3 is 2.59 bits per heavy atom. The lowest BCUT2D eigenvalue weighted by Gasteiger charge is -2.22. The number of hydrogen-bond donors (Lipinski definition) is 1. The highest BCUT2D eigenvalue weighted by atomic mass is 35.5. The summed E-state index contributed by atoms with van der Waals surface area (Å²) in [6.07, 6.45) is 7.39. The summed E-state index contributed by atoms with van der Waals surface area (Å²) in [5.74, 6) is 2.56. The second-order valence-corrected chi connectivity index (χ2v) is 9.18. The minimum atomic E-state index is -0.313. The molecule has 0 saturated heterocycles. The van der Waals surface area contributed by atoms with Crippen molar-refractivity contribution >= 4 is 29.5 Å². The van der Waals surface area contributed by atoms with Gasteiger partial charge in [0.05, 0.1) is 17.4 Å². The van der Waals surface area contributed by atoms with Crippen molar-refractivity contribution in [3.05, 3.63) is 41.4 Å².